The summed E-state index contributed by atoms with van der Waals surface area (Å²) in [5.41, 5.74) is 5.06. The first-order chi connectivity index (χ1) is 15.0. The fraction of sp³-hybridized carbons (Fsp3) is 0.261. The van der Waals surface area contributed by atoms with Crippen molar-refractivity contribution in [2.75, 3.05) is 22.5 Å². The summed E-state index contributed by atoms with van der Waals surface area (Å²) in [6, 6.07) is 9.91. The molecule has 2 amide bonds. The first-order valence-electron chi connectivity index (χ1n) is 10.0. The largest absolute Gasteiger partial charge is 0.345 e. The van der Waals surface area contributed by atoms with E-state index in [1.807, 2.05) is 35.7 Å². The van der Waals surface area contributed by atoms with Crippen molar-refractivity contribution in [3.8, 4) is 11.3 Å². The molecule has 2 aromatic heterocycles. The molecule has 1 aliphatic heterocycles. The third kappa shape index (κ3) is 4.45. The van der Waals surface area contributed by atoms with E-state index in [4.69, 9.17) is 0 Å². The van der Waals surface area contributed by atoms with Crippen molar-refractivity contribution >= 4 is 45.7 Å². The lowest BCUT2D eigenvalue weighted by molar-refractivity contribution is -0.117. The Balaban J connectivity index is 1.41. The molecule has 1 N–H and O–H groups in total. The number of rotatable bonds is 7. The summed E-state index contributed by atoms with van der Waals surface area (Å²) >= 11 is 2.94. The van der Waals surface area contributed by atoms with Gasteiger partial charge in [-0.05, 0) is 32.0 Å². The number of aryl methyl sites for hydroxylation is 1. The maximum absolute atomic E-state index is 12.5. The normalized spacial score (nSPS) is 13.2. The number of thiazole rings is 1. The SMILES string of the molecule is C=CCn1c(C)cc(-c2csc(NC(=O)CCN3C(=O)CSc4ccccc43)n2)c1C. The number of nitrogens with zero attached hydrogens (tertiary/aromatic N) is 3. The third-order valence-electron chi connectivity index (χ3n) is 5.28. The zero-order chi connectivity index (χ0) is 22.0. The van der Waals surface area contributed by atoms with Gasteiger partial charge in [0, 0.05) is 46.7 Å². The molecule has 0 radical (unpaired) electrons. The van der Waals surface area contributed by atoms with Crippen molar-refractivity contribution in [3.63, 3.8) is 0 Å². The quantitative estimate of drug-likeness (QED) is 0.519. The molecule has 8 heteroatoms. The van der Waals surface area contributed by atoms with Crippen LogP contribution in [0.2, 0.25) is 0 Å². The smallest absolute Gasteiger partial charge is 0.237 e. The number of hydrogen-bond donors (Lipinski definition) is 1. The van der Waals surface area contributed by atoms with Crippen molar-refractivity contribution in [2.24, 2.45) is 0 Å². The highest BCUT2D eigenvalue weighted by molar-refractivity contribution is 8.00. The predicted octanol–water partition coefficient (Wildman–Crippen LogP) is 4.88. The van der Waals surface area contributed by atoms with Crippen LogP contribution in [-0.2, 0) is 16.1 Å². The fourth-order valence-corrected chi connectivity index (χ4v) is 5.38. The summed E-state index contributed by atoms with van der Waals surface area (Å²) < 4.78 is 2.19. The monoisotopic (exact) mass is 452 g/mol. The number of aromatic nitrogens is 2. The van der Waals surface area contributed by atoms with Crippen molar-refractivity contribution in [3.05, 3.63) is 59.8 Å². The number of benzene rings is 1. The van der Waals surface area contributed by atoms with Crippen molar-refractivity contribution in [2.45, 2.75) is 31.7 Å². The van der Waals surface area contributed by atoms with Crippen LogP contribution in [0.1, 0.15) is 17.8 Å². The second-order valence-corrected chi connectivity index (χ2v) is 9.20. The Morgan fingerprint density at radius 1 is 1.32 bits per heavy atom. The van der Waals surface area contributed by atoms with Gasteiger partial charge in [0.25, 0.3) is 0 Å². The molecule has 6 nitrogen and oxygen atoms in total. The van der Waals surface area contributed by atoms with E-state index in [2.05, 4.69) is 41.4 Å². The van der Waals surface area contributed by atoms with Gasteiger partial charge in [-0.1, -0.05) is 18.2 Å². The van der Waals surface area contributed by atoms with Gasteiger partial charge in [-0.2, -0.15) is 0 Å². The number of thioether (sulfide) groups is 1. The molecule has 0 atom stereocenters. The lowest BCUT2D eigenvalue weighted by atomic mass is 10.2. The van der Waals surface area contributed by atoms with Crippen molar-refractivity contribution < 1.29 is 9.59 Å². The number of nitrogens with one attached hydrogen (secondary N) is 1. The van der Waals surface area contributed by atoms with Crippen LogP contribution in [0.4, 0.5) is 10.8 Å². The van der Waals surface area contributed by atoms with Gasteiger partial charge >= 0.3 is 0 Å². The summed E-state index contributed by atoms with van der Waals surface area (Å²) in [5, 5.41) is 5.40. The van der Waals surface area contributed by atoms with Crippen LogP contribution in [0.25, 0.3) is 11.3 Å². The number of fused-ring (bicyclic) bond motifs is 1. The Morgan fingerprint density at radius 2 is 2.13 bits per heavy atom. The van der Waals surface area contributed by atoms with Crippen LogP contribution in [0.3, 0.4) is 0 Å². The molecular formula is C23H24N4O2S2. The predicted molar refractivity (Wildman–Crippen MR) is 128 cm³/mol. The van der Waals surface area contributed by atoms with Gasteiger partial charge in [-0.15, -0.1) is 29.7 Å². The molecule has 31 heavy (non-hydrogen) atoms. The highest BCUT2D eigenvalue weighted by Crippen LogP contribution is 2.35. The van der Waals surface area contributed by atoms with E-state index < -0.39 is 0 Å². The summed E-state index contributed by atoms with van der Waals surface area (Å²) in [4.78, 5) is 32.3. The number of anilines is 2. The summed E-state index contributed by atoms with van der Waals surface area (Å²) in [7, 11) is 0. The topological polar surface area (TPSA) is 67.2 Å². The molecule has 160 valence electrons. The molecule has 1 aromatic carbocycles. The highest BCUT2D eigenvalue weighted by atomic mass is 32.2. The van der Waals surface area contributed by atoms with E-state index in [0.717, 1.165) is 39.8 Å². The van der Waals surface area contributed by atoms with Gasteiger partial charge < -0.3 is 14.8 Å². The van der Waals surface area contributed by atoms with E-state index in [0.29, 0.717) is 17.4 Å². The third-order valence-corrected chi connectivity index (χ3v) is 7.09. The number of carbonyl (C=O) groups is 2. The zero-order valence-electron chi connectivity index (χ0n) is 17.6. The van der Waals surface area contributed by atoms with E-state index >= 15 is 0 Å². The number of amides is 2. The van der Waals surface area contributed by atoms with E-state index in [9.17, 15) is 9.59 Å². The number of para-hydroxylation sites is 1. The Labute approximate surface area is 190 Å². The Morgan fingerprint density at radius 3 is 2.94 bits per heavy atom. The average molecular weight is 453 g/mol. The van der Waals surface area contributed by atoms with Gasteiger partial charge in [-0.25, -0.2) is 4.98 Å². The molecule has 3 heterocycles. The van der Waals surface area contributed by atoms with Crippen LogP contribution in [0.5, 0.6) is 0 Å². The van der Waals surface area contributed by atoms with Crippen LogP contribution >= 0.6 is 23.1 Å². The van der Waals surface area contributed by atoms with Crippen molar-refractivity contribution in [1.82, 2.24) is 9.55 Å². The van der Waals surface area contributed by atoms with E-state index in [-0.39, 0.29) is 18.2 Å². The lowest BCUT2D eigenvalue weighted by Crippen LogP contribution is -2.37. The maximum atomic E-state index is 12.5. The Kier molecular flexibility index (Phi) is 6.29. The molecule has 0 unspecified atom stereocenters. The van der Waals surface area contributed by atoms with Gasteiger partial charge in [-0.3, -0.25) is 9.59 Å². The van der Waals surface area contributed by atoms with Gasteiger partial charge in [0.15, 0.2) is 5.13 Å². The van der Waals surface area contributed by atoms with Crippen LogP contribution in [0.15, 0.2) is 53.3 Å². The second-order valence-electron chi connectivity index (χ2n) is 7.32. The van der Waals surface area contributed by atoms with Crippen molar-refractivity contribution in [1.29, 1.82) is 0 Å². The summed E-state index contributed by atoms with van der Waals surface area (Å²) in [6.45, 7) is 9.05. The Hall–Kier alpha value is -2.84. The average Bonchev–Trinajstić information content (AvgIpc) is 3.32. The number of carbonyl (C=O) groups excluding carboxylic acids is 2. The molecule has 4 rings (SSSR count). The molecule has 0 fully saturated rings. The molecule has 0 bridgehead atoms. The van der Waals surface area contributed by atoms with Crippen LogP contribution in [0, 0.1) is 13.8 Å². The summed E-state index contributed by atoms with van der Waals surface area (Å²) in [5.74, 6) is 0.281. The maximum Gasteiger partial charge on any atom is 0.237 e. The molecule has 0 saturated heterocycles. The van der Waals surface area contributed by atoms with Crippen LogP contribution in [-0.4, -0.2) is 33.7 Å². The minimum absolute atomic E-state index is 0.0305. The molecule has 3 aromatic rings. The first-order valence-corrected chi connectivity index (χ1v) is 11.9. The second kappa shape index (κ2) is 9.11. The van der Waals surface area contributed by atoms with E-state index in [1.54, 1.807) is 4.90 Å². The number of hydrogen-bond acceptors (Lipinski definition) is 5. The first kappa shape index (κ1) is 21.4. The minimum Gasteiger partial charge on any atom is -0.345 e. The molecule has 0 aliphatic carbocycles. The van der Waals surface area contributed by atoms with Gasteiger partial charge in [0.1, 0.15) is 0 Å². The lowest BCUT2D eigenvalue weighted by Gasteiger charge is -2.28. The molecule has 0 saturated carbocycles. The highest BCUT2D eigenvalue weighted by Gasteiger charge is 2.24. The Bertz CT molecular complexity index is 1150. The standard InChI is InChI=1S/C23H24N4O2S2/c1-4-10-26-15(2)12-17(16(26)3)18-13-31-23(24-18)25-21(28)9-11-27-19-7-5-6-8-20(19)30-14-22(27)29/h4-8,12-13H,1,9-11,14H2,2-3H3,(H,24,25,28). The van der Waals surface area contributed by atoms with Crippen LogP contribution < -0.4 is 10.2 Å². The zero-order valence-corrected chi connectivity index (χ0v) is 19.2. The van der Waals surface area contributed by atoms with Gasteiger partial charge in [0.05, 0.1) is 17.1 Å². The molecular weight excluding hydrogens is 428 g/mol. The minimum atomic E-state index is -0.151. The molecule has 1 aliphatic rings. The van der Waals surface area contributed by atoms with Gasteiger partial charge in [0.2, 0.25) is 11.8 Å². The molecule has 0 spiro atoms. The number of allylic oxidation sites excluding steroid dienone is 1. The summed E-state index contributed by atoms with van der Waals surface area (Å²) in [6.07, 6.45) is 2.09. The van der Waals surface area contributed by atoms with E-state index in [1.165, 1.54) is 23.1 Å². The fourth-order valence-electron chi connectivity index (χ4n) is 3.72.